The van der Waals surface area contributed by atoms with E-state index in [1.165, 1.54) is 36.7 Å². The van der Waals surface area contributed by atoms with Crippen molar-refractivity contribution in [2.24, 2.45) is 11.7 Å². The summed E-state index contributed by atoms with van der Waals surface area (Å²) in [6, 6.07) is 4.24. The van der Waals surface area contributed by atoms with Crippen LogP contribution in [-0.4, -0.2) is 52.0 Å². The number of esters is 1. The first-order chi connectivity index (χ1) is 11.3. The third-order valence-electron chi connectivity index (χ3n) is 4.46. The van der Waals surface area contributed by atoms with E-state index in [1.807, 2.05) is 6.92 Å². The molecule has 1 aliphatic heterocycles. The van der Waals surface area contributed by atoms with Crippen LogP contribution in [0, 0.1) is 5.92 Å². The van der Waals surface area contributed by atoms with Gasteiger partial charge >= 0.3 is 5.97 Å². The van der Waals surface area contributed by atoms with E-state index in [1.54, 1.807) is 0 Å². The molecule has 1 aromatic carbocycles. The average Bonchev–Trinajstić information content (AvgIpc) is 2.60. The minimum Gasteiger partial charge on any atom is -0.496 e. The molecule has 9 heteroatoms. The number of carbonyl (C=O) groups excluding carboxylic acids is 1. The lowest BCUT2D eigenvalue weighted by Crippen LogP contribution is -2.42. The summed E-state index contributed by atoms with van der Waals surface area (Å²) < 4.78 is 36.9. The highest BCUT2D eigenvalue weighted by Crippen LogP contribution is 2.29. The molecule has 1 heterocycles. The summed E-state index contributed by atoms with van der Waals surface area (Å²) in [4.78, 5) is 11.8. The highest BCUT2D eigenvalue weighted by molar-refractivity contribution is 7.89. The number of piperidine rings is 1. The van der Waals surface area contributed by atoms with E-state index in [0.717, 1.165) is 12.8 Å². The van der Waals surface area contributed by atoms with E-state index in [9.17, 15) is 13.2 Å². The topological polar surface area (TPSA) is 98.9 Å². The van der Waals surface area contributed by atoms with Crippen LogP contribution in [-0.2, 0) is 14.8 Å². The van der Waals surface area contributed by atoms with Crippen molar-refractivity contribution in [3.05, 3.63) is 23.8 Å². The van der Waals surface area contributed by atoms with Crippen molar-refractivity contribution in [3.8, 4) is 5.75 Å². The Kier molecular flexibility index (Phi) is 7.67. The second-order valence-corrected chi connectivity index (χ2v) is 7.89. The number of nitrogens with zero attached hydrogens (tertiary/aromatic N) is 1. The average molecular weight is 393 g/mol. The molecule has 0 aromatic heterocycles. The number of benzene rings is 1. The van der Waals surface area contributed by atoms with Crippen LogP contribution >= 0.6 is 12.4 Å². The van der Waals surface area contributed by atoms with Crippen molar-refractivity contribution in [3.63, 3.8) is 0 Å². The molecule has 0 spiro atoms. The Morgan fingerprint density at radius 1 is 1.28 bits per heavy atom. The Hall–Kier alpha value is -1.35. The highest BCUT2D eigenvalue weighted by atomic mass is 35.5. The molecule has 0 saturated carbocycles. The van der Waals surface area contributed by atoms with Gasteiger partial charge in [-0.15, -0.1) is 12.4 Å². The fourth-order valence-electron chi connectivity index (χ4n) is 2.90. The minimum atomic E-state index is -3.63. The van der Waals surface area contributed by atoms with Gasteiger partial charge in [0.2, 0.25) is 10.0 Å². The Morgan fingerprint density at radius 2 is 1.88 bits per heavy atom. The maximum absolute atomic E-state index is 12.8. The van der Waals surface area contributed by atoms with Crippen molar-refractivity contribution in [1.82, 2.24) is 4.31 Å². The van der Waals surface area contributed by atoms with Crippen molar-refractivity contribution >= 4 is 28.4 Å². The molecular weight excluding hydrogens is 368 g/mol. The SMILES string of the molecule is COC(=O)c1ccc(S(=O)(=O)N2CCC(C(C)N)CC2)cc1OC.Cl. The lowest BCUT2D eigenvalue weighted by molar-refractivity contribution is 0.0597. The third kappa shape index (κ3) is 4.63. The monoisotopic (exact) mass is 392 g/mol. The molecule has 1 aromatic rings. The number of hydrogen-bond acceptors (Lipinski definition) is 6. The molecule has 1 aliphatic rings. The van der Waals surface area contributed by atoms with Crippen LogP contribution in [0.25, 0.3) is 0 Å². The van der Waals surface area contributed by atoms with Gasteiger partial charge in [0, 0.05) is 25.2 Å². The molecular formula is C16H25ClN2O5S. The fourth-order valence-corrected chi connectivity index (χ4v) is 4.39. The van der Waals surface area contributed by atoms with E-state index in [0.29, 0.717) is 19.0 Å². The normalized spacial score (nSPS) is 17.4. The van der Waals surface area contributed by atoms with Gasteiger partial charge in [0.15, 0.2) is 0 Å². The van der Waals surface area contributed by atoms with Crippen LogP contribution < -0.4 is 10.5 Å². The van der Waals surface area contributed by atoms with Gasteiger partial charge in [0.05, 0.1) is 19.1 Å². The van der Waals surface area contributed by atoms with Gasteiger partial charge in [-0.3, -0.25) is 0 Å². The molecule has 1 atom stereocenters. The number of hydrogen-bond donors (Lipinski definition) is 1. The predicted molar refractivity (Wildman–Crippen MR) is 96.7 cm³/mol. The van der Waals surface area contributed by atoms with Gasteiger partial charge in [-0.2, -0.15) is 4.31 Å². The van der Waals surface area contributed by atoms with Crippen LogP contribution in [0.2, 0.25) is 0 Å². The first-order valence-corrected chi connectivity index (χ1v) is 9.27. The zero-order valence-electron chi connectivity index (χ0n) is 14.6. The molecule has 2 N–H and O–H groups in total. The lowest BCUT2D eigenvalue weighted by atomic mass is 9.92. The summed E-state index contributed by atoms with van der Waals surface area (Å²) in [5, 5.41) is 0. The molecule has 2 rings (SSSR count). The Balaban J connectivity index is 0.00000312. The summed E-state index contributed by atoms with van der Waals surface area (Å²) in [5.74, 6) is -0.0605. The van der Waals surface area contributed by atoms with E-state index >= 15 is 0 Å². The van der Waals surface area contributed by atoms with Crippen LogP contribution in [0.1, 0.15) is 30.1 Å². The largest absolute Gasteiger partial charge is 0.496 e. The molecule has 1 fully saturated rings. The molecule has 0 aliphatic carbocycles. The summed E-state index contributed by atoms with van der Waals surface area (Å²) >= 11 is 0. The van der Waals surface area contributed by atoms with Crippen LogP contribution in [0.3, 0.4) is 0 Å². The van der Waals surface area contributed by atoms with Gasteiger partial charge in [-0.05, 0) is 37.8 Å². The Bertz CT molecular complexity index is 700. The number of sulfonamides is 1. The Morgan fingerprint density at radius 3 is 2.36 bits per heavy atom. The fraction of sp³-hybridized carbons (Fsp3) is 0.562. The van der Waals surface area contributed by atoms with Gasteiger partial charge < -0.3 is 15.2 Å². The Labute approximate surface area is 154 Å². The first kappa shape index (κ1) is 21.7. The van der Waals surface area contributed by atoms with Gasteiger partial charge in [-0.25, -0.2) is 13.2 Å². The van der Waals surface area contributed by atoms with E-state index in [4.69, 9.17) is 10.5 Å². The molecule has 7 nitrogen and oxygen atoms in total. The van der Waals surface area contributed by atoms with Crippen molar-refractivity contribution in [1.29, 1.82) is 0 Å². The highest BCUT2D eigenvalue weighted by Gasteiger charge is 2.31. The van der Waals surface area contributed by atoms with Crippen molar-refractivity contribution in [2.75, 3.05) is 27.3 Å². The zero-order valence-corrected chi connectivity index (χ0v) is 16.2. The minimum absolute atomic E-state index is 0. The number of nitrogens with two attached hydrogens (primary N) is 1. The smallest absolute Gasteiger partial charge is 0.341 e. The summed E-state index contributed by atoms with van der Waals surface area (Å²) in [6.07, 6.45) is 1.49. The second kappa shape index (κ2) is 8.84. The molecule has 0 radical (unpaired) electrons. The number of rotatable bonds is 5. The summed E-state index contributed by atoms with van der Waals surface area (Å²) in [6.45, 7) is 2.83. The quantitative estimate of drug-likeness (QED) is 0.765. The van der Waals surface area contributed by atoms with E-state index in [-0.39, 0.29) is 34.7 Å². The van der Waals surface area contributed by atoms with Crippen molar-refractivity contribution in [2.45, 2.75) is 30.7 Å². The van der Waals surface area contributed by atoms with Crippen LogP contribution in [0.5, 0.6) is 5.75 Å². The third-order valence-corrected chi connectivity index (χ3v) is 6.35. The zero-order chi connectivity index (χ0) is 17.9. The number of carbonyl (C=O) groups is 1. The first-order valence-electron chi connectivity index (χ1n) is 7.83. The van der Waals surface area contributed by atoms with Gasteiger partial charge in [0.1, 0.15) is 11.3 Å². The maximum Gasteiger partial charge on any atom is 0.341 e. The van der Waals surface area contributed by atoms with Gasteiger partial charge in [0.25, 0.3) is 0 Å². The molecule has 0 amide bonds. The molecule has 0 bridgehead atoms. The number of ether oxygens (including phenoxy) is 2. The molecule has 1 unspecified atom stereocenters. The standard InChI is InChI=1S/C16H24N2O5S.ClH/c1-11(17)12-6-8-18(9-7-12)24(20,21)13-4-5-14(16(19)23-3)15(10-13)22-2;/h4-5,10-12H,6-9,17H2,1-3H3;1H. The lowest BCUT2D eigenvalue weighted by Gasteiger charge is -2.33. The van der Waals surface area contributed by atoms with Gasteiger partial charge in [-0.1, -0.05) is 0 Å². The van der Waals surface area contributed by atoms with Crippen LogP contribution in [0.4, 0.5) is 0 Å². The van der Waals surface area contributed by atoms with Crippen molar-refractivity contribution < 1.29 is 22.7 Å². The molecule has 25 heavy (non-hydrogen) atoms. The second-order valence-electron chi connectivity index (χ2n) is 5.95. The summed E-state index contributed by atoms with van der Waals surface area (Å²) in [5.41, 5.74) is 6.09. The van der Waals surface area contributed by atoms with Crippen LogP contribution in [0.15, 0.2) is 23.1 Å². The molecule has 1 saturated heterocycles. The molecule has 142 valence electrons. The van der Waals surface area contributed by atoms with E-state index in [2.05, 4.69) is 4.74 Å². The number of halogens is 1. The van der Waals surface area contributed by atoms with E-state index < -0.39 is 16.0 Å². The predicted octanol–water partition coefficient (Wildman–Crippen LogP) is 1.65. The number of methoxy groups -OCH3 is 2. The summed E-state index contributed by atoms with van der Waals surface area (Å²) in [7, 11) is -0.992. The maximum atomic E-state index is 12.8.